The quantitative estimate of drug-likeness (QED) is 0.727. The van der Waals surface area contributed by atoms with Crippen LogP contribution in [0.2, 0.25) is 0 Å². The molecule has 0 aromatic rings. The standard InChI is InChI=1S/C14H22O3S/c1-17-12-6-7-18(10-12)13(9-14(15)16)8-11-4-2-3-5-11/h6-7,10-11,13,18H,2-5,8-9H2,1H3,(H,15,16). The van der Waals surface area contributed by atoms with Gasteiger partial charge in [-0.1, -0.05) is 25.7 Å². The fourth-order valence-corrected chi connectivity index (χ4v) is 5.14. The van der Waals surface area contributed by atoms with Gasteiger partial charge < -0.3 is 9.84 Å². The summed E-state index contributed by atoms with van der Waals surface area (Å²) in [6.07, 6.45) is 8.54. The summed E-state index contributed by atoms with van der Waals surface area (Å²) in [5.74, 6) is 0.960. The van der Waals surface area contributed by atoms with Crippen molar-refractivity contribution in [3.05, 3.63) is 22.7 Å². The van der Waals surface area contributed by atoms with Crippen LogP contribution in [0.3, 0.4) is 0 Å². The van der Waals surface area contributed by atoms with Crippen molar-refractivity contribution in [3.8, 4) is 0 Å². The van der Waals surface area contributed by atoms with Gasteiger partial charge in [0.2, 0.25) is 0 Å². The molecule has 0 saturated heterocycles. The first-order valence-electron chi connectivity index (χ1n) is 6.62. The minimum atomic E-state index is -0.673. The molecule has 0 aromatic heterocycles. The van der Waals surface area contributed by atoms with E-state index in [-0.39, 0.29) is 5.25 Å². The van der Waals surface area contributed by atoms with Crippen molar-refractivity contribution in [1.29, 1.82) is 0 Å². The number of carboxylic acids is 1. The fourth-order valence-electron chi connectivity index (χ4n) is 2.88. The van der Waals surface area contributed by atoms with Crippen molar-refractivity contribution in [2.24, 2.45) is 5.92 Å². The Morgan fingerprint density at radius 2 is 2.28 bits per heavy atom. The molecule has 2 aliphatic rings. The van der Waals surface area contributed by atoms with Gasteiger partial charge in [-0.3, -0.25) is 4.79 Å². The zero-order valence-corrected chi connectivity index (χ0v) is 11.7. The van der Waals surface area contributed by atoms with Gasteiger partial charge in [0.1, 0.15) is 5.76 Å². The highest BCUT2D eigenvalue weighted by Gasteiger charge is 2.26. The number of thiol groups is 1. The summed E-state index contributed by atoms with van der Waals surface area (Å²) < 4.78 is 5.21. The first-order valence-corrected chi connectivity index (χ1v) is 8.17. The van der Waals surface area contributed by atoms with Crippen LogP contribution in [0.15, 0.2) is 22.7 Å². The lowest BCUT2D eigenvalue weighted by atomic mass is 10.0. The molecular formula is C14H22O3S. The summed E-state index contributed by atoms with van der Waals surface area (Å²) in [4.78, 5) is 11.0. The number of hydrogen-bond donors (Lipinski definition) is 2. The lowest BCUT2D eigenvalue weighted by Crippen LogP contribution is -2.16. The molecule has 3 nitrogen and oxygen atoms in total. The second-order valence-electron chi connectivity index (χ2n) is 5.14. The Balaban J connectivity index is 1.98. The first-order chi connectivity index (χ1) is 8.69. The smallest absolute Gasteiger partial charge is 0.304 e. The van der Waals surface area contributed by atoms with Crippen LogP contribution in [-0.4, -0.2) is 23.4 Å². The van der Waals surface area contributed by atoms with E-state index >= 15 is 0 Å². The van der Waals surface area contributed by atoms with E-state index in [1.54, 1.807) is 7.11 Å². The molecule has 1 N–H and O–H groups in total. The van der Waals surface area contributed by atoms with E-state index in [0.717, 1.165) is 18.1 Å². The molecule has 0 spiro atoms. The van der Waals surface area contributed by atoms with Crippen LogP contribution in [0, 0.1) is 5.92 Å². The maximum Gasteiger partial charge on any atom is 0.304 e. The van der Waals surface area contributed by atoms with E-state index in [9.17, 15) is 4.79 Å². The highest BCUT2D eigenvalue weighted by atomic mass is 32.2. The van der Waals surface area contributed by atoms with Gasteiger partial charge >= 0.3 is 5.97 Å². The Labute approximate surface area is 111 Å². The average Bonchev–Trinajstić information content (AvgIpc) is 2.98. The van der Waals surface area contributed by atoms with Gasteiger partial charge in [-0.05, 0) is 29.2 Å². The molecule has 2 rings (SSSR count). The van der Waals surface area contributed by atoms with Crippen molar-refractivity contribution >= 4 is 16.9 Å². The highest BCUT2D eigenvalue weighted by Crippen LogP contribution is 2.46. The minimum Gasteiger partial charge on any atom is -0.496 e. The third-order valence-corrected chi connectivity index (χ3v) is 6.12. The Kier molecular flexibility index (Phi) is 4.75. The van der Waals surface area contributed by atoms with Crippen LogP contribution in [0.5, 0.6) is 0 Å². The molecular weight excluding hydrogens is 248 g/mol. The first kappa shape index (κ1) is 13.5. The van der Waals surface area contributed by atoms with Gasteiger partial charge in [-0.2, -0.15) is 0 Å². The van der Waals surface area contributed by atoms with Crippen LogP contribution in [0.1, 0.15) is 38.5 Å². The fraction of sp³-hybridized carbons (Fsp3) is 0.643. The molecule has 2 atom stereocenters. The zero-order chi connectivity index (χ0) is 13.0. The summed E-state index contributed by atoms with van der Waals surface area (Å²) in [6.45, 7) is 0. The Hall–Kier alpha value is -0.900. The molecule has 1 aliphatic heterocycles. The van der Waals surface area contributed by atoms with E-state index in [1.165, 1.54) is 25.7 Å². The van der Waals surface area contributed by atoms with Crippen LogP contribution >= 0.6 is 10.9 Å². The number of carboxylic acid groups (broad SMARTS) is 1. The number of ether oxygens (including phenoxy) is 1. The van der Waals surface area contributed by atoms with Crippen molar-refractivity contribution in [2.75, 3.05) is 7.11 Å². The summed E-state index contributed by atoms with van der Waals surface area (Å²) in [5, 5.41) is 13.6. The molecule has 0 aromatic carbocycles. The number of allylic oxidation sites excluding steroid dienone is 1. The van der Waals surface area contributed by atoms with Gasteiger partial charge in [-0.25, -0.2) is 10.9 Å². The van der Waals surface area contributed by atoms with Gasteiger partial charge in [-0.15, -0.1) is 0 Å². The molecule has 4 heteroatoms. The topological polar surface area (TPSA) is 46.5 Å². The van der Waals surface area contributed by atoms with E-state index in [4.69, 9.17) is 9.84 Å². The lowest BCUT2D eigenvalue weighted by Gasteiger charge is -2.25. The van der Waals surface area contributed by atoms with E-state index in [1.807, 2.05) is 6.08 Å². The number of aliphatic carboxylic acids is 1. The van der Waals surface area contributed by atoms with Crippen molar-refractivity contribution < 1.29 is 14.6 Å². The van der Waals surface area contributed by atoms with Gasteiger partial charge in [0, 0.05) is 5.25 Å². The average molecular weight is 270 g/mol. The Morgan fingerprint density at radius 1 is 1.56 bits per heavy atom. The molecule has 0 bridgehead atoms. The summed E-state index contributed by atoms with van der Waals surface area (Å²) in [7, 11) is 1.21. The second kappa shape index (κ2) is 6.32. The molecule has 2 unspecified atom stereocenters. The van der Waals surface area contributed by atoms with Crippen molar-refractivity contribution in [3.63, 3.8) is 0 Å². The van der Waals surface area contributed by atoms with Crippen molar-refractivity contribution in [1.82, 2.24) is 0 Å². The predicted molar refractivity (Wildman–Crippen MR) is 75.8 cm³/mol. The van der Waals surface area contributed by atoms with Crippen LogP contribution in [0.4, 0.5) is 0 Å². The van der Waals surface area contributed by atoms with Crippen molar-refractivity contribution in [2.45, 2.75) is 43.8 Å². The Morgan fingerprint density at radius 3 is 2.83 bits per heavy atom. The van der Waals surface area contributed by atoms with Gasteiger partial charge in [0.15, 0.2) is 0 Å². The predicted octanol–water partition coefficient (Wildman–Crippen LogP) is 3.43. The molecule has 1 fully saturated rings. The largest absolute Gasteiger partial charge is 0.496 e. The molecule has 1 saturated carbocycles. The summed E-state index contributed by atoms with van der Waals surface area (Å²) >= 11 is 0. The SMILES string of the molecule is COC1=C[SH](C(CC(=O)O)CC2CCCC2)C=C1. The van der Waals surface area contributed by atoms with E-state index in [2.05, 4.69) is 10.8 Å². The maximum absolute atomic E-state index is 11.0. The molecule has 1 aliphatic carbocycles. The number of hydrogen-bond acceptors (Lipinski definition) is 2. The zero-order valence-electron chi connectivity index (χ0n) is 10.8. The van der Waals surface area contributed by atoms with Gasteiger partial charge in [0.05, 0.1) is 13.5 Å². The number of methoxy groups -OCH3 is 1. The van der Waals surface area contributed by atoms with Crippen LogP contribution in [-0.2, 0) is 9.53 Å². The molecule has 0 amide bonds. The second-order valence-corrected chi connectivity index (χ2v) is 7.32. The minimum absolute atomic E-state index is 0.282. The highest BCUT2D eigenvalue weighted by molar-refractivity contribution is 8.22. The number of carbonyl (C=O) groups is 1. The maximum atomic E-state index is 11.0. The normalized spacial score (nSPS) is 27.2. The third kappa shape index (κ3) is 3.55. The third-order valence-electron chi connectivity index (χ3n) is 3.83. The monoisotopic (exact) mass is 270 g/mol. The summed E-state index contributed by atoms with van der Waals surface area (Å²) in [5.41, 5.74) is 0. The lowest BCUT2D eigenvalue weighted by molar-refractivity contribution is -0.137. The summed E-state index contributed by atoms with van der Waals surface area (Å²) in [6, 6.07) is 0. The van der Waals surface area contributed by atoms with Crippen LogP contribution < -0.4 is 0 Å². The molecule has 0 radical (unpaired) electrons. The molecule has 102 valence electrons. The Bertz CT molecular complexity index is 356. The number of rotatable bonds is 6. The van der Waals surface area contributed by atoms with E-state index in [0.29, 0.717) is 6.42 Å². The van der Waals surface area contributed by atoms with E-state index < -0.39 is 16.9 Å². The van der Waals surface area contributed by atoms with Crippen LogP contribution in [0.25, 0.3) is 0 Å². The molecule has 1 heterocycles. The van der Waals surface area contributed by atoms with Gasteiger partial charge in [0.25, 0.3) is 0 Å². The molecule has 18 heavy (non-hydrogen) atoms.